The third kappa shape index (κ3) is 2.94. The van der Waals surface area contributed by atoms with E-state index in [1.54, 1.807) is 6.07 Å². The first-order chi connectivity index (χ1) is 7.99. The van der Waals surface area contributed by atoms with Gasteiger partial charge < -0.3 is 15.3 Å². The largest absolute Gasteiger partial charge is 0.478 e. The van der Waals surface area contributed by atoms with Crippen LogP contribution in [-0.2, 0) is 0 Å². The standard InChI is InChI=1S/C11H10ClNO4/c12-9-6(10(15)8(14)4-5-13)2-1-3-7(9)11(16)17/h1-3,8,10,14-15H,4H2,(H,16,17). The molecule has 0 aliphatic carbocycles. The number of aliphatic hydroxyl groups is 2. The second-order valence-electron chi connectivity index (χ2n) is 3.39. The number of carboxylic acid groups (broad SMARTS) is 1. The summed E-state index contributed by atoms with van der Waals surface area (Å²) in [5.41, 5.74) is -0.0679. The van der Waals surface area contributed by atoms with Gasteiger partial charge in [0, 0.05) is 5.56 Å². The lowest BCUT2D eigenvalue weighted by atomic mass is 10.0. The van der Waals surface area contributed by atoms with E-state index in [4.69, 9.17) is 22.0 Å². The molecule has 0 heterocycles. The summed E-state index contributed by atoms with van der Waals surface area (Å²) in [5.74, 6) is -1.22. The van der Waals surface area contributed by atoms with Crippen LogP contribution in [0.25, 0.3) is 0 Å². The van der Waals surface area contributed by atoms with Crippen molar-refractivity contribution in [3.8, 4) is 6.07 Å². The fraction of sp³-hybridized carbons (Fsp3) is 0.273. The zero-order valence-corrected chi connectivity index (χ0v) is 9.42. The zero-order chi connectivity index (χ0) is 13.0. The Labute approximate surface area is 102 Å². The third-order valence-corrected chi connectivity index (χ3v) is 2.66. The lowest BCUT2D eigenvalue weighted by molar-refractivity contribution is 0.0216. The maximum Gasteiger partial charge on any atom is 0.337 e. The average molecular weight is 256 g/mol. The Morgan fingerprint density at radius 3 is 2.65 bits per heavy atom. The van der Waals surface area contributed by atoms with Crippen LogP contribution in [0.2, 0.25) is 5.02 Å². The highest BCUT2D eigenvalue weighted by atomic mass is 35.5. The monoisotopic (exact) mass is 255 g/mol. The minimum Gasteiger partial charge on any atom is -0.478 e. The molecule has 2 atom stereocenters. The lowest BCUT2D eigenvalue weighted by Gasteiger charge is -2.17. The van der Waals surface area contributed by atoms with E-state index in [2.05, 4.69) is 0 Å². The summed E-state index contributed by atoms with van der Waals surface area (Å²) in [6.07, 6.45) is -2.96. The number of nitriles is 1. The van der Waals surface area contributed by atoms with Crippen LogP contribution in [0.15, 0.2) is 18.2 Å². The normalized spacial score (nSPS) is 13.8. The highest BCUT2D eigenvalue weighted by Crippen LogP contribution is 2.29. The summed E-state index contributed by atoms with van der Waals surface area (Å²) in [5, 5.41) is 36.3. The molecule has 6 heteroatoms. The number of carboxylic acids is 1. The predicted molar refractivity (Wildman–Crippen MR) is 59.6 cm³/mol. The highest BCUT2D eigenvalue weighted by molar-refractivity contribution is 6.34. The SMILES string of the molecule is N#CCC(O)C(O)c1cccc(C(=O)O)c1Cl. The first-order valence-corrected chi connectivity index (χ1v) is 5.11. The molecule has 0 spiro atoms. The first-order valence-electron chi connectivity index (χ1n) is 4.73. The molecule has 0 saturated heterocycles. The van der Waals surface area contributed by atoms with E-state index in [-0.39, 0.29) is 22.6 Å². The molecule has 1 aromatic rings. The summed E-state index contributed by atoms with van der Waals surface area (Å²) in [4.78, 5) is 10.8. The number of hydrogen-bond acceptors (Lipinski definition) is 4. The van der Waals surface area contributed by atoms with Crippen LogP contribution in [0.4, 0.5) is 0 Å². The molecule has 5 nitrogen and oxygen atoms in total. The minimum absolute atomic E-state index is 0.0920. The van der Waals surface area contributed by atoms with E-state index in [0.717, 1.165) is 0 Å². The van der Waals surface area contributed by atoms with Crippen LogP contribution in [-0.4, -0.2) is 27.4 Å². The second kappa shape index (κ2) is 5.64. The molecule has 1 rings (SSSR count). The number of rotatable bonds is 4. The average Bonchev–Trinajstić information content (AvgIpc) is 2.28. The molecule has 2 unspecified atom stereocenters. The van der Waals surface area contributed by atoms with Crippen molar-refractivity contribution in [1.82, 2.24) is 0 Å². The van der Waals surface area contributed by atoms with Crippen molar-refractivity contribution in [3.05, 3.63) is 34.3 Å². The number of halogens is 1. The molecule has 17 heavy (non-hydrogen) atoms. The van der Waals surface area contributed by atoms with Crippen LogP contribution < -0.4 is 0 Å². The summed E-state index contributed by atoms with van der Waals surface area (Å²) >= 11 is 5.81. The van der Waals surface area contributed by atoms with Gasteiger partial charge >= 0.3 is 5.97 Å². The molecule has 3 N–H and O–H groups in total. The maximum atomic E-state index is 10.8. The van der Waals surface area contributed by atoms with Gasteiger partial charge in [-0.15, -0.1) is 0 Å². The molecule has 0 saturated carbocycles. The molecular weight excluding hydrogens is 246 g/mol. The van der Waals surface area contributed by atoms with Crippen molar-refractivity contribution in [2.45, 2.75) is 18.6 Å². The molecule has 0 aliphatic heterocycles. The third-order valence-electron chi connectivity index (χ3n) is 2.24. The minimum atomic E-state index is -1.39. The Balaban J connectivity index is 3.11. The van der Waals surface area contributed by atoms with Crippen molar-refractivity contribution in [2.75, 3.05) is 0 Å². The van der Waals surface area contributed by atoms with E-state index < -0.39 is 18.2 Å². The Hall–Kier alpha value is -1.61. The topological polar surface area (TPSA) is 102 Å². The number of aromatic carboxylic acids is 1. The van der Waals surface area contributed by atoms with Crippen LogP contribution >= 0.6 is 11.6 Å². The maximum absolute atomic E-state index is 10.8. The molecule has 90 valence electrons. The van der Waals surface area contributed by atoms with Crippen molar-refractivity contribution < 1.29 is 20.1 Å². The molecule has 0 radical (unpaired) electrons. The van der Waals surface area contributed by atoms with Gasteiger partial charge in [0.25, 0.3) is 0 Å². The molecule has 0 aromatic heterocycles. The van der Waals surface area contributed by atoms with Gasteiger partial charge in [-0.05, 0) is 6.07 Å². The summed E-state index contributed by atoms with van der Waals surface area (Å²) in [6, 6.07) is 5.81. The van der Waals surface area contributed by atoms with Crippen LogP contribution in [0, 0.1) is 11.3 Å². The summed E-state index contributed by atoms with van der Waals surface area (Å²) in [6.45, 7) is 0. The van der Waals surface area contributed by atoms with Gasteiger partial charge in [-0.3, -0.25) is 0 Å². The number of benzene rings is 1. The van der Waals surface area contributed by atoms with Crippen molar-refractivity contribution in [2.24, 2.45) is 0 Å². The molecule has 0 amide bonds. The first kappa shape index (κ1) is 13.5. The van der Waals surface area contributed by atoms with E-state index in [9.17, 15) is 15.0 Å². The number of carbonyl (C=O) groups is 1. The van der Waals surface area contributed by atoms with E-state index >= 15 is 0 Å². The van der Waals surface area contributed by atoms with Crippen LogP contribution in [0.3, 0.4) is 0 Å². The van der Waals surface area contributed by atoms with Crippen molar-refractivity contribution in [3.63, 3.8) is 0 Å². The van der Waals surface area contributed by atoms with E-state index in [1.807, 2.05) is 0 Å². The van der Waals surface area contributed by atoms with Gasteiger partial charge in [0.15, 0.2) is 0 Å². The van der Waals surface area contributed by atoms with Gasteiger partial charge in [0.1, 0.15) is 6.10 Å². The van der Waals surface area contributed by atoms with Gasteiger partial charge in [-0.2, -0.15) is 5.26 Å². The van der Waals surface area contributed by atoms with Crippen molar-refractivity contribution in [1.29, 1.82) is 5.26 Å². The number of aliphatic hydroxyl groups excluding tert-OH is 2. The van der Waals surface area contributed by atoms with Gasteiger partial charge in [-0.25, -0.2) is 4.79 Å². The van der Waals surface area contributed by atoms with Gasteiger partial charge in [-0.1, -0.05) is 23.7 Å². The van der Waals surface area contributed by atoms with Crippen molar-refractivity contribution >= 4 is 17.6 Å². The fourth-order valence-corrected chi connectivity index (χ4v) is 1.67. The van der Waals surface area contributed by atoms with E-state index in [0.29, 0.717) is 0 Å². The highest BCUT2D eigenvalue weighted by Gasteiger charge is 2.23. The van der Waals surface area contributed by atoms with Gasteiger partial charge in [0.05, 0.1) is 29.2 Å². The number of nitrogens with zero attached hydrogens (tertiary/aromatic N) is 1. The summed E-state index contributed by atoms with van der Waals surface area (Å²) < 4.78 is 0. The van der Waals surface area contributed by atoms with Crippen LogP contribution in [0.1, 0.15) is 28.4 Å². The molecule has 0 bridgehead atoms. The van der Waals surface area contributed by atoms with Gasteiger partial charge in [0.2, 0.25) is 0 Å². The quantitative estimate of drug-likeness (QED) is 0.754. The Bertz CT molecular complexity index is 469. The summed E-state index contributed by atoms with van der Waals surface area (Å²) in [7, 11) is 0. The molecule has 0 fully saturated rings. The number of hydrogen-bond donors (Lipinski definition) is 3. The lowest BCUT2D eigenvalue weighted by Crippen LogP contribution is -2.18. The van der Waals surface area contributed by atoms with Crippen LogP contribution in [0.5, 0.6) is 0 Å². The Morgan fingerprint density at radius 1 is 1.47 bits per heavy atom. The zero-order valence-electron chi connectivity index (χ0n) is 8.67. The molecule has 0 aliphatic rings. The predicted octanol–water partition coefficient (Wildman–Crippen LogP) is 1.35. The smallest absolute Gasteiger partial charge is 0.337 e. The molecule has 1 aromatic carbocycles. The van der Waals surface area contributed by atoms with E-state index in [1.165, 1.54) is 18.2 Å². The second-order valence-corrected chi connectivity index (χ2v) is 3.77. The Kier molecular flexibility index (Phi) is 4.46. The fourth-order valence-electron chi connectivity index (χ4n) is 1.36. The Morgan fingerprint density at radius 2 is 2.12 bits per heavy atom. The molecular formula is C11H10ClNO4.